The van der Waals surface area contributed by atoms with E-state index >= 15 is 0 Å². The molecule has 0 spiro atoms. The third-order valence-corrected chi connectivity index (χ3v) is 1.45. The topological polar surface area (TPSA) is 89.6 Å². The van der Waals surface area contributed by atoms with E-state index in [-0.39, 0.29) is 11.3 Å². The van der Waals surface area contributed by atoms with Crippen molar-refractivity contribution < 1.29 is 19.4 Å². The number of aromatic hydroxyl groups is 1. The van der Waals surface area contributed by atoms with Crippen LogP contribution in [0.15, 0.2) is 24.3 Å². The van der Waals surface area contributed by atoms with Gasteiger partial charge in [-0.2, -0.15) is 0 Å². The number of hydrogen-bond acceptors (Lipinski definition) is 4. The third-order valence-electron chi connectivity index (χ3n) is 1.45. The van der Waals surface area contributed by atoms with Crippen LogP contribution >= 0.6 is 0 Å². The van der Waals surface area contributed by atoms with Crippen molar-refractivity contribution in [3.05, 3.63) is 29.8 Å². The summed E-state index contributed by atoms with van der Waals surface area (Å²) in [7, 11) is 0. The molecule has 0 bridgehead atoms. The Labute approximate surface area is 80.1 Å². The first-order valence-corrected chi connectivity index (χ1v) is 3.84. The molecule has 1 amide bonds. The van der Waals surface area contributed by atoms with E-state index in [1.807, 2.05) is 0 Å². The van der Waals surface area contributed by atoms with Gasteiger partial charge >= 0.3 is 5.97 Å². The Morgan fingerprint density at radius 1 is 1.29 bits per heavy atom. The van der Waals surface area contributed by atoms with Gasteiger partial charge in [0, 0.05) is 0 Å². The molecule has 3 N–H and O–H groups in total. The van der Waals surface area contributed by atoms with Crippen molar-refractivity contribution in [2.24, 2.45) is 5.73 Å². The second-order valence-electron chi connectivity index (χ2n) is 2.59. The Hall–Kier alpha value is -2.04. The van der Waals surface area contributed by atoms with Gasteiger partial charge in [0.25, 0.3) is 5.91 Å². The zero-order valence-electron chi connectivity index (χ0n) is 7.27. The molecule has 0 unspecified atom stereocenters. The highest BCUT2D eigenvalue weighted by molar-refractivity contribution is 5.91. The van der Waals surface area contributed by atoms with Crippen LogP contribution in [-0.4, -0.2) is 23.6 Å². The third kappa shape index (κ3) is 2.78. The molecule has 74 valence electrons. The van der Waals surface area contributed by atoms with Crippen molar-refractivity contribution in [3.8, 4) is 5.75 Å². The van der Waals surface area contributed by atoms with Gasteiger partial charge in [0.2, 0.25) is 0 Å². The van der Waals surface area contributed by atoms with Crippen molar-refractivity contribution in [2.75, 3.05) is 6.61 Å². The minimum absolute atomic E-state index is 0.0523. The smallest absolute Gasteiger partial charge is 0.338 e. The Kier molecular flexibility index (Phi) is 3.06. The fourth-order valence-electron chi connectivity index (χ4n) is 0.818. The van der Waals surface area contributed by atoms with Gasteiger partial charge in [-0.1, -0.05) is 0 Å². The van der Waals surface area contributed by atoms with E-state index < -0.39 is 18.5 Å². The van der Waals surface area contributed by atoms with Crippen LogP contribution < -0.4 is 5.73 Å². The lowest BCUT2D eigenvalue weighted by Gasteiger charge is -2.01. The maximum atomic E-state index is 11.1. The minimum atomic E-state index is -0.711. The number of amides is 1. The first-order valence-electron chi connectivity index (χ1n) is 3.84. The molecule has 0 radical (unpaired) electrons. The van der Waals surface area contributed by atoms with E-state index in [0.29, 0.717) is 0 Å². The number of primary amides is 1. The standard InChI is InChI=1S/C9H9NO4/c10-8(12)5-14-9(13)6-1-3-7(11)4-2-6/h1-4,11H,5H2,(H2,10,12). The maximum Gasteiger partial charge on any atom is 0.338 e. The zero-order valence-corrected chi connectivity index (χ0v) is 7.27. The maximum absolute atomic E-state index is 11.1. The highest BCUT2D eigenvalue weighted by Gasteiger charge is 2.07. The highest BCUT2D eigenvalue weighted by atomic mass is 16.5. The number of esters is 1. The summed E-state index contributed by atoms with van der Waals surface area (Å²) in [4.78, 5) is 21.4. The average molecular weight is 195 g/mol. The molecule has 14 heavy (non-hydrogen) atoms. The summed E-state index contributed by atoms with van der Waals surface area (Å²) in [6.45, 7) is -0.445. The van der Waals surface area contributed by atoms with E-state index in [0.717, 1.165) is 0 Å². The van der Waals surface area contributed by atoms with Crippen LogP contribution in [0.1, 0.15) is 10.4 Å². The fraction of sp³-hybridized carbons (Fsp3) is 0.111. The van der Waals surface area contributed by atoms with Crippen LogP contribution in [0.5, 0.6) is 5.75 Å². The minimum Gasteiger partial charge on any atom is -0.508 e. The van der Waals surface area contributed by atoms with Gasteiger partial charge in [0.1, 0.15) is 5.75 Å². The summed E-state index contributed by atoms with van der Waals surface area (Å²) in [6, 6.07) is 5.47. The van der Waals surface area contributed by atoms with E-state index in [2.05, 4.69) is 4.74 Å². The van der Waals surface area contributed by atoms with Crippen LogP contribution in [0.25, 0.3) is 0 Å². The highest BCUT2D eigenvalue weighted by Crippen LogP contribution is 2.10. The SMILES string of the molecule is NC(=O)COC(=O)c1ccc(O)cc1. The second-order valence-corrected chi connectivity index (χ2v) is 2.59. The van der Waals surface area contributed by atoms with E-state index in [4.69, 9.17) is 10.8 Å². The van der Waals surface area contributed by atoms with Gasteiger partial charge in [-0.15, -0.1) is 0 Å². The molecule has 0 aliphatic carbocycles. The number of hydrogen-bond donors (Lipinski definition) is 2. The summed E-state index contributed by atoms with van der Waals surface area (Å²) in [5.74, 6) is -1.31. The van der Waals surface area contributed by atoms with Crippen molar-refractivity contribution in [1.82, 2.24) is 0 Å². The molecule has 1 aromatic rings. The quantitative estimate of drug-likeness (QED) is 0.666. The molecular weight excluding hydrogens is 186 g/mol. The van der Waals surface area contributed by atoms with Gasteiger partial charge < -0.3 is 15.6 Å². The number of phenolic OH excluding ortho intramolecular Hbond substituents is 1. The van der Waals surface area contributed by atoms with Crippen molar-refractivity contribution >= 4 is 11.9 Å². The summed E-state index contributed by atoms with van der Waals surface area (Å²) in [6.07, 6.45) is 0. The summed E-state index contributed by atoms with van der Waals surface area (Å²) >= 11 is 0. The summed E-state index contributed by atoms with van der Waals surface area (Å²) in [5, 5.41) is 8.93. The Balaban J connectivity index is 2.61. The van der Waals surface area contributed by atoms with Crippen LogP contribution in [-0.2, 0) is 9.53 Å². The lowest BCUT2D eigenvalue weighted by Crippen LogP contribution is -2.20. The van der Waals surface area contributed by atoms with Crippen molar-refractivity contribution in [3.63, 3.8) is 0 Å². The predicted octanol–water partition coefficient (Wildman–Crippen LogP) is 0.0343. The summed E-state index contributed by atoms with van der Waals surface area (Å²) in [5.41, 5.74) is 5.04. The van der Waals surface area contributed by atoms with E-state index in [9.17, 15) is 9.59 Å². The number of nitrogens with two attached hydrogens (primary N) is 1. The Morgan fingerprint density at radius 2 is 1.86 bits per heavy atom. The second kappa shape index (κ2) is 4.27. The molecule has 0 aliphatic heterocycles. The molecule has 1 rings (SSSR count). The molecule has 0 atom stereocenters. The lowest BCUT2D eigenvalue weighted by atomic mass is 10.2. The van der Waals surface area contributed by atoms with Crippen LogP contribution in [0, 0.1) is 0 Å². The number of phenols is 1. The molecule has 5 nitrogen and oxygen atoms in total. The summed E-state index contributed by atoms with van der Waals surface area (Å²) < 4.78 is 4.53. The molecular formula is C9H9NO4. The number of rotatable bonds is 3. The van der Waals surface area contributed by atoms with Gasteiger partial charge in [-0.3, -0.25) is 4.79 Å². The number of benzene rings is 1. The Morgan fingerprint density at radius 3 is 2.36 bits per heavy atom. The molecule has 0 aromatic heterocycles. The molecule has 1 aromatic carbocycles. The lowest BCUT2D eigenvalue weighted by molar-refractivity contribution is -0.121. The fourth-order valence-corrected chi connectivity index (χ4v) is 0.818. The molecule has 0 saturated carbocycles. The van der Waals surface area contributed by atoms with Crippen LogP contribution in [0.2, 0.25) is 0 Å². The largest absolute Gasteiger partial charge is 0.508 e. The van der Waals surface area contributed by atoms with Gasteiger partial charge in [-0.05, 0) is 24.3 Å². The monoisotopic (exact) mass is 195 g/mol. The number of carbonyl (C=O) groups excluding carboxylic acids is 2. The number of carbonyl (C=O) groups is 2. The zero-order chi connectivity index (χ0) is 10.6. The normalized spacial score (nSPS) is 9.43. The van der Waals surface area contributed by atoms with E-state index in [1.165, 1.54) is 24.3 Å². The molecule has 5 heteroatoms. The predicted molar refractivity (Wildman–Crippen MR) is 47.6 cm³/mol. The number of ether oxygens (including phenoxy) is 1. The van der Waals surface area contributed by atoms with Gasteiger partial charge in [0.05, 0.1) is 5.56 Å². The van der Waals surface area contributed by atoms with Gasteiger partial charge in [0.15, 0.2) is 6.61 Å². The first-order chi connectivity index (χ1) is 6.59. The van der Waals surface area contributed by atoms with E-state index in [1.54, 1.807) is 0 Å². The van der Waals surface area contributed by atoms with Crippen molar-refractivity contribution in [1.29, 1.82) is 0 Å². The Bertz CT molecular complexity index is 344. The molecule has 0 aliphatic rings. The molecule has 0 saturated heterocycles. The first kappa shape index (κ1) is 10.0. The van der Waals surface area contributed by atoms with Crippen LogP contribution in [0.4, 0.5) is 0 Å². The molecule has 0 fully saturated rings. The van der Waals surface area contributed by atoms with Gasteiger partial charge in [-0.25, -0.2) is 4.79 Å². The average Bonchev–Trinajstić information content (AvgIpc) is 2.15. The molecule has 0 heterocycles. The van der Waals surface area contributed by atoms with Crippen molar-refractivity contribution in [2.45, 2.75) is 0 Å². The van der Waals surface area contributed by atoms with Crippen LogP contribution in [0.3, 0.4) is 0 Å².